The maximum Gasteiger partial charge on any atom is 0.416 e. The maximum atomic E-state index is 12.5. The third-order valence-electron chi connectivity index (χ3n) is 3.02. The van der Waals surface area contributed by atoms with E-state index in [4.69, 9.17) is 0 Å². The summed E-state index contributed by atoms with van der Waals surface area (Å²) in [6.07, 6.45) is -3.60. The fourth-order valence-corrected chi connectivity index (χ4v) is 2.64. The van der Waals surface area contributed by atoms with Crippen LogP contribution in [0.15, 0.2) is 41.1 Å². The zero-order chi connectivity index (χ0) is 13.9. The number of hydrogen-bond acceptors (Lipinski definition) is 2. The standard InChI is InChI=1S/C14H14F3NS/c1-18-13(11-6-7-19-9-11)8-10-2-4-12(5-3-10)14(15,16)17/h2-7,9,13,18H,8H2,1H3. The van der Waals surface area contributed by atoms with E-state index in [1.165, 1.54) is 0 Å². The molecule has 5 heteroatoms. The van der Waals surface area contributed by atoms with Gasteiger partial charge in [-0.3, -0.25) is 0 Å². The van der Waals surface area contributed by atoms with E-state index >= 15 is 0 Å². The smallest absolute Gasteiger partial charge is 0.313 e. The van der Waals surface area contributed by atoms with Crippen LogP contribution >= 0.6 is 11.3 Å². The van der Waals surface area contributed by atoms with Crippen molar-refractivity contribution >= 4 is 11.3 Å². The molecule has 0 saturated heterocycles. The van der Waals surface area contributed by atoms with E-state index in [0.29, 0.717) is 6.42 Å². The zero-order valence-electron chi connectivity index (χ0n) is 10.4. The van der Waals surface area contributed by atoms with Crippen molar-refractivity contribution in [3.05, 3.63) is 57.8 Å². The molecule has 1 unspecified atom stereocenters. The van der Waals surface area contributed by atoms with Crippen molar-refractivity contribution < 1.29 is 13.2 Å². The fourth-order valence-electron chi connectivity index (χ4n) is 1.93. The van der Waals surface area contributed by atoms with Crippen LogP contribution < -0.4 is 5.32 Å². The number of thiophene rings is 1. The van der Waals surface area contributed by atoms with Crippen LogP contribution in [-0.2, 0) is 12.6 Å². The molecular formula is C14H14F3NS. The Morgan fingerprint density at radius 1 is 1.16 bits per heavy atom. The van der Waals surface area contributed by atoms with Gasteiger partial charge in [-0.15, -0.1) is 0 Å². The van der Waals surface area contributed by atoms with Crippen LogP contribution in [0.25, 0.3) is 0 Å². The number of halogens is 3. The Kier molecular flexibility index (Phi) is 4.27. The minimum Gasteiger partial charge on any atom is -0.313 e. The fraction of sp³-hybridized carbons (Fsp3) is 0.286. The predicted octanol–water partition coefficient (Wildman–Crippen LogP) is 4.27. The Labute approximate surface area is 114 Å². The molecule has 0 fully saturated rings. The molecule has 0 radical (unpaired) electrons. The van der Waals surface area contributed by atoms with Gasteiger partial charge in [-0.2, -0.15) is 24.5 Å². The molecule has 0 bridgehead atoms. The highest BCUT2D eigenvalue weighted by Gasteiger charge is 2.29. The summed E-state index contributed by atoms with van der Waals surface area (Å²) in [6.45, 7) is 0. The first kappa shape index (κ1) is 14.1. The Morgan fingerprint density at radius 2 is 1.84 bits per heavy atom. The van der Waals surface area contributed by atoms with Crippen LogP contribution in [-0.4, -0.2) is 7.05 Å². The topological polar surface area (TPSA) is 12.0 Å². The highest BCUT2D eigenvalue weighted by atomic mass is 32.1. The summed E-state index contributed by atoms with van der Waals surface area (Å²) < 4.78 is 37.4. The van der Waals surface area contributed by atoms with Crippen LogP contribution in [0.1, 0.15) is 22.7 Å². The Hall–Kier alpha value is -1.33. The number of likely N-dealkylation sites (N-methyl/N-ethyl adjacent to an activating group) is 1. The monoisotopic (exact) mass is 285 g/mol. The third-order valence-corrected chi connectivity index (χ3v) is 3.72. The van der Waals surface area contributed by atoms with Gasteiger partial charge >= 0.3 is 6.18 Å². The first-order valence-corrected chi connectivity index (χ1v) is 6.80. The van der Waals surface area contributed by atoms with Gasteiger partial charge in [0.1, 0.15) is 0 Å². The lowest BCUT2D eigenvalue weighted by molar-refractivity contribution is -0.137. The zero-order valence-corrected chi connectivity index (χ0v) is 11.2. The van der Waals surface area contributed by atoms with E-state index in [1.807, 2.05) is 23.9 Å². The van der Waals surface area contributed by atoms with E-state index in [0.717, 1.165) is 23.3 Å². The SMILES string of the molecule is CNC(Cc1ccc(C(F)(F)F)cc1)c1ccsc1. The average Bonchev–Trinajstić information content (AvgIpc) is 2.89. The highest BCUT2D eigenvalue weighted by Crippen LogP contribution is 2.29. The molecule has 0 amide bonds. The lowest BCUT2D eigenvalue weighted by atomic mass is 10.0. The number of alkyl halides is 3. The molecule has 1 atom stereocenters. The third kappa shape index (κ3) is 3.58. The van der Waals surface area contributed by atoms with Crippen LogP contribution in [0.5, 0.6) is 0 Å². The van der Waals surface area contributed by atoms with Gasteiger partial charge in [-0.25, -0.2) is 0 Å². The molecule has 0 aliphatic heterocycles. The molecule has 0 aliphatic carbocycles. The minimum absolute atomic E-state index is 0.128. The van der Waals surface area contributed by atoms with Gasteiger partial charge in [0.05, 0.1) is 5.56 Å². The van der Waals surface area contributed by atoms with Crippen molar-refractivity contribution in [1.82, 2.24) is 5.32 Å². The summed E-state index contributed by atoms with van der Waals surface area (Å²) in [4.78, 5) is 0. The summed E-state index contributed by atoms with van der Waals surface area (Å²) in [5, 5.41) is 7.22. The molecule has 19 heavy (non-hydrogen) atoms. The number of nitrogens with one attached hydrogen (secondary N) is 1. The summed E-state index contributed by atoms with van der Waals surface area (Å²) in [6, 6.07) is 7.50. The van der Waals surface area contributed by atoms with Crippen molar-refractivity contribution in [2.75, 3.05) is 7.05 Å². The molecule has 2 aromatic rings. The molecule has 102 valence electrons. The van der Waals surface area contributed by atoms with E-state index < -0.39 is 11.7 Å². The summed E-state index contributed by atoms with van der Waals surface area (Å²) in [7, 11) is 1.85. The van der Waals surface area contributed by atoms with Gasteiger partial charge in [0.25, 0.3) is 0 Å². The van der Waals surface area contributed by atoms with Crippen LogP contribution in [0.4, 0.5) is 13.2 Å². The number of hydrogen-bond donors (Lipinski definition) is 1. The van der Waals surface area contributed by atoms with Gasteiger partial charge in [-0.05, 0) is 53.6 Å². The Morgan fingerprint density at radius 3 is 2.32 bits per heavy atom. The summed E-state index contributed by atoms with van der Waals surface area (Å²) in [5.41, 5.74) is 1.44. The second-order valence-corrected chi connectivity index (χ2v) is 5.08. The molecule has 0 aliphatic rings. The van der Waals surface area contributed by atoms with Crippen molar-refractivity contribution in [2.45, 2.75) is 18.6 Å². The second-order valence-electron chi connectivity index (χ2n) is 4.30. The lowest BCUT2D eigenvalue weighted by Gasteiger charge is -2.15. The molecule has 1 heterocycles. The average molecular weight is 285 g/mol. The first-order chi connectivity index (χ1) is 9.00. The van der Waals surface area contributed by atoms with E-state index in [2.05, 4.69) is 5.32 Å². The highest BCUT2D eigenvalue weighted by molar-refractivity contribution is 7.07. The molecule has 1 N–H and O–H groups in total. The van der Waals surface area contributed by atoms with Gasteiger partial charge in [0.2, 0.25) is 0 Å². The Bertz CT molecular complexity index is 502. The van der Waals surface area contributed by atoms with Crippen LogP contribution in [0.2, 0.25) is 0 Å². The van der Waals surface area contributed by atoms with Gasteiger partial charge < -0.3 is 5.32 Å². The van der Waals surface area contributed by atoms with Crippen molar-refractivity contribution in [1.29, 1.82) is 0 Å². The van der Waals surface area contributed by atoms with Crippen LogP contribution in [0, 0.1) is 0 Å². The second kappa shape index (κ2) is 5.75. The van der Waals surface area contributed by atoms with E-state index in [9.17, 15) is 13.2 Å². The van der Waals surface area contributed by atoms with Crippen molar-refractivity contribution in [3.8, 4) is 0 Å². The van der Waals surface area contributed by atoms with E-state index in [-0.39, 0.29) is 6.04 Å². The van der Waals surface area contributed by atoms with Gasteiger partial charge in [0, 0.05) is 6.04 Å². The van der Waals surface area contributed by atoms with Crippen molar-refractivity contribution in [3.63, 3.8) is 0 Å². The molecule has 2 rings (SSSR count). The van der Waals surface area contributed by atoms with Crippen LogP contribution in [0.3, 0.4) is 0 Å². The first-order valence-electron chi connectivity index (χ1n) is 5.86. The molecule has 1 aromatic carbocycles. The Balaban J connectivity index is 2.11. The van der Waals surface area contributed by atoms with E-state index in [1.54, 1.807) is 23.5 Å². The predicted molar refractivity (Wildman–Crippen MR) is 71.3 cm³/mol. The summed E-state index contributed by atoms with van der Waals surface area (Å²) in [5.74, 6) is 0. The number of rotatable bonds is 4. The lowest BCUT2D eigenvalue weighted by Crippen LogP contribution is -2.18. The van der Waals surface area contributed by atoms with Gasteiger partial charge in [0.15, 0.2) is 0 Å². The minimum atomic E-state index is -4.27. The largest absolute Gasteiger partial charge is 0.416 e. The quantitative estimate of drug-likeness (QED) is 0.884. The normalized spacial score (nSPS) is 13.5. The molecule has 0 saturated carbocycles. The maximum absolute atomic E-state index is 12.5. The summed E-state index contributed by atoms with van der Waals surface area (Å²) >= 11 is 1.61. The van der Waals surface area contributed by atoms with Gasteiger partial charge in [-0.1, -0.05) is 12.1 Å². The molecule has 1 aromatic heterocycles. The molecule has 1 nitrogen and oxygen atoms in total. The number of benzene rings is 1. The molecular weight excluding hydrogens is 271 g/mol. The molecule has 0 spiro atoms. The van der Waals surface area contributed by atoms with Crippen molar-refractivity contribution in [2.24, 2.45) is 0 Å².